The van der Waals surface area contributed by atoms with Crippen LogP contribution in [0.25, 0.3) is 6.08 Å². The van der Waals surface area contributed by atoms with Crippen LogP contribution < -0.4 is 5.32 Å². The Hall–Kier alpha value is -1.29. The summed E-state index contributed by atoms with van der Waals surface area (Å²) in [6, 6.07) is 5.62. The van der Waals surface area contributed by atoms with E-state index in [1.54, 1.807) is 18.2 Å². The molecular weight excluding hydrogens is 251 g/mol. The highest BCUT2D eigenvalue weighted by Crippen LogP contribution is 2.32. The van der Waals surface area contributed by atoms with Gasteiger partial charge in [0.2, 0.25) is 0 Å². The van der Waals surface area contributed by atoms with Gasteiger partial charge in [-0.25, -0.2) is 0 Å². The van der Waals surface area contributed by atoms with Crippen molar-refractivity contribution in [1.29, 1.82) is 0 Å². The van der Waals surface area contributed by atoms with E-state index >= 15 is 0 Å². The van der Waals surface area contributed by atoms with E-state index in [-0.39, 0.29) is 5.56 Å². The molecule has 0 unspecified atom stereocenters. The number of nitrogens with one attached hydrogen (secondary N) is 1. The molecule has 0 aliphatic heterocycles. The lowest BCUT2D eigenvalue weighted by Gasteiger charge is -2.09. The van der Waals surface area contributed by atoms with Gasteiger partial charge in [-0.2, -0.15) is 13.2 Å². The van der Waals surface area contributed by atoms with Crippen molar-refractivity contribution in [3.05, 3.63) is 41.5 Å². The second-order valence-electron chi connectivity index (χ2n) is 4.87. The molecule has 0 amide bonds. The Morgan fingerprint density at radius 3 is 2.53 bits per heavy atom. The first-order chi connectivity index (χ1) is 8.91. The van der Waals surface area contributed by atoms with Crippen LogP contribution in [0.4, 0.5) is 13.2 Å². The predicted octanol–water partition coefficient (Wildman–Crippen LogP) is 4.35. The van der Waals surface area contributed by atoms with E-state index in [1.165, 1.54) is 12.1 Å². The molecular formula is C15H20F3N. The summed E-state index contributed by atoms with van der Waals surface area (Å²) >= 11 is 0. The predicted molar refractivity (Wildman–Crippen MR) is 72.8 cm³/mol. The van der Waals surface area contributed by atoms with Gasteiger partial charge in [-0.1, -0.05) is 44.2 Å². The number of benzene rings is 1. The standard InChI is InChI=1S/C15H20F3N/c1-12(2)11-19-10-6-5-8-13-7-3-4-9-14(13)15(16,17)18/h3-5,7-9,12,19H,6,10-11H2,1-2H3. The molecule has 0 fully saturated rings. The molecule has 1 aromatic carbocycles. The smallest absolute Gasteiger partial charge is 0.316 e. The molecule has 0 aliphatic carbocycles. The molecule has 19 heavy (non-hydrogen) atoms. The molecule has 0 radical (unpaired) electrons. The van der Waals surface area contributed by atoms with Crippen LogP contribution in [-0.2, 0) is 6.18 Å². The van der Waals surface area contributed by atoms with Gasteiger partial charge in [-0.05, 0) is 37.1 Å². The third kappa shape index (κ3) is 5.92. The number of hydrogen-bond acceptors (Lipinski definition) is 1. The molecule has 0 saturated carbocycles. The summed E-state index contributed by atoms with van der Waals surface area (Å²) < 4.78 is 38.2. The van der Waals surface area contributed by atoms with Crippen molar-refractivity contribution < 1.29 is 13.2 Å². The zero-order valence-electron chi connectivity index (χ0n) is 11.3. The average molecular weight is 271 g/mol. The van der Waals surface area contributed by atoms with E-state index in [0.717, 1.165) is 25.6 Å². The van der Waals surface area contributed by atoms with Crippen LogP contribution in [0.5, 0.6) is 0 Å². The summed E-state index contributed by atoms with van der Waals surface area (Å²) in [7, 11) is 0. The molecule has 0 bridgehead atoms. The molecule has 1 N–H and O–H groups in total. The summed E-state index contributed by atoms with van der Waals surface area (Å²) in [5, 5.41) is 3.24. The third-order valence-corrected chi connectivity index (χ3v) is 2.60. The van der Waals surface area contributed by atoms with Crippen LogP contribution in [0.2, 0.25) is 0 Å². The van der Waals surface area contributed by atoms with Crippen LogP contribution >= 0.6 is 0 Å². The van der Waals surface area contributed by atoms with Crippen molar-refractivity contribution >= 4 is 6.08 Å². The van der Waals surface area contributed by atoms with Crippen molar-refractivity contribution in [1.82, 2.24) is 5.32 Å². The van der Waals surface area contributed by atoms with E-state index in [9.17, 15) is 13.2 Å². The Balaban J connectivity index is 2.53. The Morgan fingerprint density at radius 2 is 1.89 bits per heavy atom. The SMILES string of the molecule is CC(C)CNCCC=Cc1ccccc1C(F)(F)F. The lowest BCUT2D eigenvalue weighted by Crippen LogP contribution is -2.20. The van der Waals surface area contributed by atoms with Gasteiger partial charge in [0.25, 0.3) is 0 Å². The Kier molecular flexibility index (Phi) is 6.09. The first-order valence-corrected chi connectivity index (χ1v) is 6.44. The fraction of sp³-hybridized carbons (Fsp3) is 0.467. The molecule has 1 nitrogen and oxygen atoms in total. The summed E-state index contributed by atoms with van der Waals surface area (Å²) in [4.78, 5) is 0. The lowest BCUT2D eigenvalue weighted by molar-refractivity contribution is -0.137. The average Bonchev–Trinajstić information content (AvgIpc) is 2.32. The summed E-state index contributed by atoms with van der Waals surface area (Å²) in [6.07, 6.45) is -0.256. The molecule has 0 spiro atoms. The Morgan fingerprint density at radius 1 is 1.21 bits per heavy atom. The Labute approximate surface area is 112 Å². The summed E-state index contributed by atoms with van der Waals surface area (Å²) in [5.41, 5.74) is -0.361. The monoisotopic (exact) mass is 271 g/mol. The molecule has 0 aromatic heterocycles. The van der Waals surface area contributed by atoms with Crippen molar-refractivity contribution in [3.8, 4) is 0 Å². The van der Waals surface area contributed by atoms with Gasteiger partial charge in [0, 0.05) is 0 Å². The second-order valence-corrected chi connectivity index (χ2v) is 4.87. The minimum atomic E-state index is -4.29. The highest BCUT2D eigenvalue weighted by atomic mass is 19.4. The maximum Gasteiger partial charge on any atom is 0.416 e. The molecule has 4 heteroatoms. The number of halogens is 3. The third-order valence-electron chi connectivity index (χ3n) is 2.60. The first kappa shape index (κ1) is 15.8. The minimum absolute atomic E-state index is 0.221. The molecule has 1 rings (SSSR count). The minimum Gasteiger partial charge on any atom is -0.316 e. The maximum absolute atomic E-state index is 12.7. The summed E-state index contributed by atoms with van der Waals surface area (Å²) in [6.45, 7) is 5.93. The van der Waals surface area contributed by atoms with Gasteiger partial charge in [0.05, 0.1) is 5.56 Å². The molecule has 1 aromatic rings. The van der Waals surface area contributed by atoms with Gasteiger partial charge in [-0.3, -0.25) is 0 Å². The van der Waals surface area contributed by atoms with Gasteiger partial charge in [0.15, 0.2) is 0 Å². The number of hydrogen-bond donors (Lipinski definition) is 1. The van der Waals surface area contributed by atoms with Crippen LogP contribution in [0.3, 0.4) is 0 Å². The van der Waals surface area contributed by atoms with Gasteiger partial charge in [0.1, 0.15) is 0 Å². The van der Waals surface area contributed by atoms with Gasteiger partial charge in [-0.15, -0.1) is 0 Å². The quantitative estimate of drug-likeness (QED) is 0.758. The highest BCUT2D eigenvalue weighted by Gasteiger charge is 2.32. The van der Waals surface area contributed by atoms with Crippen molar-refractivity contribution in [2.45, 2.75) is 26.4 Å². The fourth-order valence-electron chi connectivity index (χ4n) is 1.69. The topological polar surface area (TPSA) is 12.0 Å². The van der Waals surface area contributed by atoms with E-state index in [4.69, 9.17) is 0 Å². The molecule has 0 atom stereocenters. The van der Waals surface area contributed by atoms with Gasteiger partial charge >= 0.3 is 6.18 Å². The first-order valence-electron chi connectivity index (χ1n) is 6.44. The zero-order chi connectivity index (χ0) is 14.3. The van der Waals surface area contributed by atoms with E-state index in [0.29, 0.717) is 5.92 Å². The van der Waals surface area contributed by atoms with Crippen LogP contribution in [0.15, 0.2) is 30.3 Å². The van der Waals surface area contributed by atoms with E-state index in [2.05, 4.69) is 19.2 Å². The van der Waals surface area contributed by atoms with E-state index in [1.807, 2.05) is 0 Å². The number of rotatable bonds is 6. The number of alkyl halides is 3. The van der Waals surface area contributed by atoms with Crippen LogP contribution in [-0.4, -0.2) is 13.1 Å². The summed E-state index contributed by atoms with van der Waals surface area (Å²) in [5.74, 6) is 0.579. The molecule has 0 aliphatic rings. The molecule has 0 heterocycles. The molecule has 106 valence electrons. The van der Waals surface area contributed by atoms with E-state index < -0.39 is 11.7 Å². The Bertz CT molecular complexity index is 408. The van der Waals surface area contributed by atoms with Crippen molar-refractivity contribution in [2.24, 2.45) is 5.92 Å². The lowest BCUT2D eigenvalue weighted by atomic mass is 10.1. The largest absolute Gasteiger partial charge is 0.416 e. The van der Waals surface area contributed by atoms with Crippen molar-refractivity contribution in [3.63, 3.8) is 0 Å². The van der Waals surface area contributed by atoms with Crippen molar-refractivity contribution in [2.75, 3.05) is 13.1 Å². The fourth-order valence-corrected chi connectivity index (χ4v) is 1.69. The second kappa shape index (κ2) is 7.34. The van der Waals surface area contributed by atoms with Crippen LogP contribution in [0, 0.1) is 5.92 Å². The normalized spacial score (nSPS) is 12.5. The maximum atomic E-state index is 12.7. The van der Waals surface area contributed by atoms with Crippen LogP contribution in [0.1, 0.15) is 31.4 Å². The molecule has 0 saturated heterocycles. The zero-order valence-corrected chi connectivity index (χ0v) is 11.3. The van der Waals surface area contributed by atoms with Gasteiger partial charge < -0.3 is 5.32 Å². The highest BCUT2D eigenvalue weighted by molar-refractivity contribution is 5.54.